The average Bonchev–Trinajstić information content (AvgIpc) is 2.82. The van der Waals surface area contributed by atoms with Crippen LogP contribution in [0.2, 0.25) is 5.02 Å². The monoisotopic (exact) mass is 499 g/mol. The van der Waals surface area contributed by atoms with Crippen LogP contribution in [0.4, 0.5) is 5.69 Å². The number of rotatable bonds is 9. The SMILES string of the molecule is CCOc1ccc(/C(C)=N\NC(=O)c2ccc(N(Cc3ccc(Cl)cc3)S(C)(=O)=O)cc2)cc1. The number of nitrogens with zero attached hydrogens (tertiary/aromatic N) is 2. The molecule has 34 heavy (non-hydrogen) atoms. The van der Waals surface area contributed by atoms with Gasteiger partial charge in [-0.1, -0.05) is 23.7 Å². The van der Waals surface area contributed by atoms with E-state index in [9.17, 15) is 13.2 Å². The van der Waals surface area contributed by atoms with E-state index in [2.05, 4.69) is 10.5 Å². The summed E-state index contributed by atoms with van der Waals surface area (Å²) >= 11 is 5.92. The summed E-state index contributed by atoms with van der Waals surface area (Å²) < 4.78 is 31.5. The van der Waals surface area contributed by atoms with Crippen LogP contribution >= 0.6 is 11.6 Å². The van der Waals surface area contributed by atoms with Gasteiger partial charge in [-0.3, -0.25) is 9.10 Å². The number of hydrogen-bond donors (Lipinski definition) is 1. The first-order valence-corrected chi connectivity index (χ1v) is 12.8. The van der Waals surface area contributed by atoms with Gasteiger partial charge < -0.3 is 4.74 Å². The quantitative estimate of drug-likeness (QED) is 0.336. The molecule has 0 radical (unpaired) electrons. The highest BCUT2D eigenvalue weighted by Gasteiger charge is 2.18. The van der Waals surface area contributed by atoms with Crippen molar-refractivity contribution in [2.75, 3.05) is 17.2 Å². The summed E-state index contributed by atoms with van der Waals surface area (Å²) in [6.45, 7) is 4.44. The fourth-order valence-corrected chi connectivity index (χ4v) is 4.17. The van der Waals surface area contributed by atoms with Gasteiger partial charge in [-0.15, -0.1) is 0 Å². The Kier molecular flexibility index (Phi) is 8.31. The second-order valence-electron chi connectivity index (χ2n) is 7.54. The molecular formula is C25H26ClN3O4S. The first kappa shape index (κ1) is 25.3. The molecule has 3 aromatic carbocycles. The summed E-state index contributed by atoms with van der Waals surface area (Å²) in [7, 11) is -3.55. The molecule has 0 aliphatic heterocycles. The van der Waals surface area contributed by atoms with Gasteiger partial charge in [-0.2, -0.15) is 5.10 Å². The van der Waals surface area contributed by atoms with Gasteiger partial charge in [0.05, 0.1) is 30.8 Å². The molecular weight excluding hydrogens is 474 g/mol. The van der Waals surface area contributed by atoms with Crippen molar-refractivity contribution in [2.24, 2.45) is 5.10 Å². The minimum Gasteiger partial charge on any atom is -0.494 e. The van der Waals surface area contributed by atoms with Gasteiger partial charge in [0.1, 0.15) is 5.75 Å². The maximum absolute atomic E-state index is 12.5. The molecule has 0 saturated heterocycles. The second-order valence-corrected chi connectivity index (χ2v) is 9.88. The lowest BCUT2D eigenvalue weighted by atomic mass is 10.1. The summed E-state index contributed by atoms with van der Waals surface area (Å²) in [6.07, 6.45) is 1.14. The molecule has 0 unspecified atom stereocenters. The van der Waals surface area contributed by atoms with E-state index in [0.29, 0.717) is 28.6 Å². The van der Waals surface area contributed by atoms with E-state index >= 15 is 0 Å². The molecule has 1 amide bonds. The first-order chi connectivity index (χ1) is 16.2. The highest BCUT2D eigenvalue weighted by molar-refractivity contribution is 7.92. The summed E-state index contributed by atoms with van der Waals surface area (Å²) in [4.78, 5) is 12.5. The third-order valence-corrected chi connectivity index (χ3v) is 6.36. The zero-order valence-corrected chi connectivity index (χ0v) is 20.7. The molecule has 0 saturated carbocycles. The third-order valence-electron chi connectivity index (χ3n) is 4.97. The number of nitrogens with one attached hydrogen (secondary N) is 1. The molecule has 7 nitrogen and oxygen atoms in total. The molecule has 9 heteroatoms. The van der Waals surface area contributed by atoms with E-state index in [-0.39, 0.29) is 6.54 Å². The minimum absolute atomic E-state index is 0.146. The van der Waals surface area contributed by atoms with Gasteiger partial charge in [0.15, 0.2) is 0 Å². The molecule has 0 fully saturated rings. The van der Waals surface area contributed by atoms with Crippen LogP contribution in [0.1, 0.15) is 35.3 Å². The third kappa shape index (κ3) is 6.82. The van der Waals surface area contributed by atoms with Crippen molar-refractivity contribution in [3.8, 4) is 5.75 Å². The van der Waals surface area contributed by atoms with Crippen molar-refractivity contribution in [3.05, 3.63) is 94.5 Å². The van der Waals surface area contributed by atoms with Crippen LogP contribution in [0.25, 0.3) is 0 Å². The lowest BCUT2D eigenvalue weighted by Crippen LogP contribution is -2.29. The molecule has 0 spiro atoms. The van der Waals surface area contributed by atoms with E-state index in [1.54, 1.807) is 55.5 Å². The van der Waals surface area contributed by atoms with E-state index in [4.69, 9.17) is 16.3 Å². The largest absolute Gasteiger partial charge is 0.494 e. The number of hydrogen-bond acceptors (Lipinski definition) is 5. The topological polar surface area (TPSA) is 88.1 Å². The zero-order valence-electron chi connectivity index (χ0n) is 19.2. The summed E-state index contributed by atoms with van der Waals surface area (Å²) in [6, 6.07) is 20.7. The molecule has 0 aromatic heterocycles. The number of hydrazone groups is 1. The van der Waals surface area contributed by atoms with Gasteiger partial charge in [-0.05, 0) is 85.6 Å². The fraction of sp³-hybridized carbons (Fsp3) is 0.200. The minimum atomic E-state index is -3.55. The number of anilines is 1. The maximum Gasteiger partial charge on any atom is 0.271 e. The van der Waals surface area contributed by atoms with Crippen molar-refractivity contribution in [1.29, 1.82) is 0 Å². The van der Waals surface area contributed by atoms with Crippen LogP contribution in [0.3, 0.4) is 0 Å². The van der Waals surface area contributed by atoms with Gasteiger partial charge >= 0.3 is 0 Å². The van der Waals surface area contributed by atoms with Crippen LogP contribution in [-0.2, 0) is 16.6 Å². The number of carbonyl (C=O) groups is 1. The number of ether oxygens (including phenoxy) is 1. The predicted octanol–water partition coefficient (Wildman–Crippen LogP) is 4.86. The van der Waals surface area contributed by atoms with Gasteiger partial charge in [0.2, 0.25) is 10.0 Å². The lowest BCUT2D eigenvalue weighted by Gasteiger charge is -2.22. The number of sulfonamides is 1. The highest BCUT2D eigenvalue weighted by atomic mass is 35.5. The van der Waals surface area contributed by atoms with E-state index in [1.165, 1.54) is 4.31 Å². The van der Waals surface area contributed by atoms with Gasteiger partial charge in [0.25, 0.3) is 5.91 Å². The number of benzene rings is 3. The summed E-state index contributed by atoms with van der Waals surface area (Å²) in [5, 5.41) is 4.74. The van der Waals surface area contributed by atoms with Crippen molar-refractivity contribution in [2.45, 2.75) is 20.4 Å². The first-order valence-electron chi connectivity index (χ1n) is 10.6. The predicted molar refractivity (Wildman–Crippen MR) is 136 cm³/mol. The number of carbonyl (C=O) groups excluding carboxylic acids is 1. The Morgan fingerprint density at radius 1 is 0.971 bits per heavy atom. The Labute approximate surface area is 205 Å². The Morgan fingerprint density at radius 2 is 1.56 bits per heavy atom. The molecule has 3 rings (SSSR count). The Balaban J connectivity index is 1.70. The molecule has 0 heterocycles. The van der Waals surface area contributed by atoms with Gasteiger partial charge in [-0.25, -0.2) is 13.8 Å². The second kappa shape index (κ2) is 11.2. The Morgan fingerprint density at radius 3 is 2.12 bits per heavy atom. The smallest absolute Gasteiger partial charge is 0.271 e. The molecule has 0 aliphatic carbocycles. The van der Waals surface area contributed by atoms with Gasteiger partial charge in [0, 0.05) is 10.6 Å². The number of amides is 1. The van der Waals surface area contributed by atoms with Crippen LogP contribution in [0.5, 0.6) is 5.75 Å². The van der Waals surface area contributed by atoms with Crippen LogP contribution in [0.15, 0.2) is 77.9 Å². The summed E-state index contributed by atoms with van der Waals surface area (Å²) in [5.41, 5.74) is 5.61. The van der Waals surface area contributed by atoms with Crippen molar-refractivity contribution >= 4 is 38.9 Å². The molecule has 178 valence electrons. The van der Waals surface area contributed by atoms with Crippen molar-refractivity contribution < 1.29 is 17.9 Å². The summed E-state index contributed by atoms with van der Waals surface area (Å²) in [5.74, 6) is 0.364. The van der Waals surface area contributed by atoms with Crippen molar-refractivity contribution in [1.82, 2.24) is 5.43 Å². The maximum atomic E-state index is 12.5. The lowest BCUT2D eigenvalue weighted by molar-refractivity contribution is 0.0955. The molecule has 0 atom stereocenters. The highest BCUT2D eigenvalue weighted by Crippen LogP contribution is 2.22. The average molecular weight is 500 g/mol. The standard InChI is InChI=1S/C25H26ClN3O4S/c1-4-33-24-15-9-20(10-16-24)18(2)27-28-25(30)21-7-13-23(14-8-21)29(34(3,31)32)17-19-5-11-22(26)12-6-19/h5-16H,4,17H2,1-3H3,(H,28,30)/b27-18-. The van der Waals surface area contributed by atoms with E-state index in [1.807, 2.05) is 31.2 Å². The normalized spacial score (nSPS) is 11.7. The van der Waals surface area contributed by atoms with Crippen molar-refractivity contribution in [3.63, 3.8) is 0 Å². The molecule has 0 aliphatic rings. The Bertz CT molecular complexity index is 1260. The van der Waals surface area contributed by atoms with Crippen LogP contribution in [-0.4, -0.2) is 32.9 Å². The molecule has 0 bridgehead atoms. The van der Waals surface area contributed by atoms with Crippen LogP contribution < -0.4 is 14.5 Å². The van der Waals surface area contributed by atoms with E-state index < -0.39 is 15.9 Å². The Hall–Kier alpha value is -3.36. The molecule has 1 N–H and O–H groups in total. The zero-order chi connectivity index (χ0) is 24.7. The van der Waals surface area contributed by atoms with E-state index in [0.717, 1.165) is 23.1 Å². The fourth-order valence-electron chi connectivity index (χ4n) is 3.16. The molecule has 3 aromatic rings. The van der Waals surface area contributed by atoms with Crippen LogP contribution in [0, 0.1) is 0 Å². The number of halogens is 1.